The van der Waals surface area contributed by atoms with Crippen LogP contribution in [0.3, 0.4) is 0 Å². The van der Waals surface area contributed by atoms with E-state index < -0.39 is 5.82 Å². The first kappa shape index (κ1) is 14.4. The minimum absolute atomic E-state index is 0.210. The zero-order valence-corrected chi connectivity index (χ0v) is 12.2. The molecule has 0 aliphatic rings. The van der Waals surface area contributed by atoms with Crippen LogP contribution in [0, 0.1) is 5.82 Å². The van der Waals surface area contributed by atoms with E-state index in [1.165, 1.54) is 35.2 Å². The van der Waals surface area contributed by atoms with Crippen LogP contribution in [0.1, 0.15) is 4.88 Å². The highest BCUT2D eigenvalue weighted by Gasteiger charge is 2.07. The van der Waals surface area contributed by atoms with E-state index in [1.807, 2.05) is 12.1 Å². The number of nitrogens with one attached hydrogen (secondary N) is 1. The van der Waals surface area contributed by atoms with Gasteiger partial charge in [-0.25, -0.2) is 4.39 Å². The van der Waals surface area contributed by atoms with Gasteiger partial charge in [-0.2, -0.15) is 0 Å². The monoisotopic (exact) mass is 315 g/mol. The van der Waals surface area contributed by atoms with Gasteiger partial charge in [0.2, 0.25) is 5.91 Å². The number of benzene rings is 1. The molecule has 0 radical (unpaired) electrons. The van der Waals surface area contributed by atoms with E-state index in [9.17, 15) is 9.18 Å². The molecule has 100 valence electrons. The molecule has 0 fully saturated rings. The molecule has 6 heteroatoms. The quantitative estimate of drug-likeness (QED) is 0.885. The van der Waals surface area contributed by atoms with Gasteiger partial charge in [-0.3, -0.25) is 4.79 Å². The van der Waals surface area contributed by atoms with Gasteiger partial charge in [0.05, 0.1) is 15.8 Å². The summed E-state index contributed by atoms with van der Waals surface area (Å²) >= 11 is 8.78. The number of hydrogen-bond acceptors (Lipinski definition) is 3. The molecule has 0 aliphatic carbocycles. The van der Waals surface area contributed by atoms with E-state index in [0.29, 0.717) is 0 Å². The predicted octanol–water partition coefficient (Wildman–Crippen LogP) is 4.41. The van der Waals surface area contributed by atoms with Crippen molar-refractivity contribution in [2.24, 2.45) is 0 Å². The number of carbonyl (C=O) groups is 1. The molecule has 1 amide bonds. The molecule has 19 heavy (non-hydrogen) atoms. The molecule has 0 aliphatic heterocycles. The van der Waals surface area contributed by atoms with Crippen LogP contribution < -0.4 is 5.32 Å². The summed E-state index contributed by atoms with van der Waals surface area (Å²) in [7, 11) is 0. The molecule has 0 saturated heterocycles. The summed E-state index contributed by atoms with van der Waals surface area (Å²) in [5.74, 6) is 0.370. The molecule has 1 aromatic heterocycles. The van der Waals surface area contributed by atoms with Gasteiger partial charge in [0.15, 0.2) is 0 Å². The molecular weight excluding hydrogens is 305 g/mol. The zero-order chi connectivity index (χ0) is 13.7. The zero-order valence-electron chi connectivity index (χ0n) is 9.86. The van der Waals surface area contributed by atoms with Crippen molar-refractivity contribution in [3.63, 3.8) is 0 Å². The fourth-order valence-corrected chi connectivity index (χ4v) is 3.45. The van der Waals surface area contributed by atoms with E-state index in [2.05, 4.69) is 5.32 Å². The molecular formula is C13H11ClFNOS2. The Morgan fingerprint density at radius 3 is 2.79 bits per heavy atom. The second-order valence-corrected chi connectivity index (χ2v) is 6.51. The van der Waals surface area contributed by atoms with Gasteiger partial charge in [-0.1, -0.05) is 23.7 Å². The molecule has 0 unspecified atom stereocenters. The maximum absolute atomic E-state index is 13.3. The molecule has 0 bridgehead atoms. The van der Waals surface area contributed by atoms with Gasteiger partial charge >= 0.3 is 0 Å². The number of anilines is 1. The average molecular weight is 316 g/mol. The maximum Gasteiger partial charge on any atom is 0.234 e. The van der Waals surface area contributed by atoms with Crippen LogP contribution in [-0.4, -0.2) is 11.7 Å². The average Bonchev–Trinajstić information content (AvgIpc) is 2.78. The number of amides is 1. The lowest BCUT2D eigenvalue weighted by Gasteiger charge is -2.05. The Balaban J connectivity index is 1.77. The topological polar surface area (TPSA) is 29.1 Å². The fraction of sp³-hybridized carbons (Fsp3) is 0.154. The molecule has 0 spiro atoms. The number of halogens is 2. The Bertz CT molecular complexity index is 573. The molecule has 1 heterocycles. The Labute approximate surface area is 124 Å². The van der Waals surface area contributed by atoms with Crippen molar-refractivity contribution in [2.45, 2.75) is 5.75 Å². The van der Waals surface area contributed by atoms with Crippen LogP contribution in [-0.2, 0) is 10.5 Å². The van der Waals surface area contributed by atoms with Gasteiger partial charge in [-0.05, 0) is 24.3 Å². The van der Waals surface area contributed by atoms with Gasteiger partial charge < -0.3 is 5.32 Å². The number of hydrogen-bond donors (Lipinski definition) is 1. The van der Waals surface area contributed by atoms with Gasteiger partial charge in [0.1, 0.15) is 5.82 Å². The van der Waals surface area contributed by atoms with Crippen molar-refractivity contribution < 1.29 is 9.18 Å². The van der Waals surface area contributed by atoms with E-state index in [-0.39, 0.29) is 17.3 Å². The summed E-state index contributed by atoms with van der Waals surface area (Å²) in [5.41, 5.74) is 0.215. The van der Waals surface area contributed by atoms with Crippen LogP contribution >= 0.6 is 34.7 Å². The molecule has 0 atom stereocenters. The summed E-state index contributed by atoms with van der Waals surface area (Å²) in [6.07, 6.45) is 0. The largest absolute Gasteiger partial charge is 0.323 e. The summed E-state index contributed by atoms with van der Waals surface area (Å²) in [6, 6.07) is 9.89. The lowest BCUT2D eigenvalue weighted by Crippen LogP contribution is -2.15. The molecule has 1 aromatic carbocycles. The highest BCUT2D eigenvalue weighted by Crippen LogP contribution is 2.25. The van der Waals surface area contributed by atoms with E-state index in [4.69, 9.17) is 11.6 Å². The van der Waals surface area contributed by atoms with Crippen molar-refractivity contribution in [3.8, 4) is 0 Å². The van der Waals surface area contributed by atoms with E-state index in [0.717, 1.165) is 15.0 Å². The summed E-state index contributed by atoms with van der Waals surface area (Å²) in [5, 5.41) is 2.54. The lowest BCUT2D eigenvalue weighted by molar-refractivity contribution is -0.113. The smallest absolute Gasteiger partial charge is 0.234 e. The number of thiophene rings is 1. The second-order valence-electron chi connectivity index (χ2n) is 3.73. The minimum Gasteiger partial charge on any atom is -0.323 e. The molecule has 1 N–H and O–H groups in total. The summed E-state index contributed by atoms with van der Waals surface area (Å²) < 4.78 is 14.0. The SMILES string of the molecule is O=C(CSCc1ccc(Cl)s1)Nc1ccccc1F. The third-order valence-electron chi connectivity index (χ3n) is 2.25. The second kappa shape index (κ2) is 6.93. The number of carbonyl (C=O) groups excluding carboxylic acids is 1. The minimum atomic E-state index is -0.425. The summed E-state index contributed by atoms with van der Waals surface area (Å²) in [4.78, 5) is 12.8. The number of thioether (sulfide) groups is 1. The van der Waals surface area contributed by atoms with Crippen molar-refractivity contribution in [1.82, 2.24) is 0 Å². The van der Waals surface area contributed by atoms with Crippen molar-refractivity contribution in [3.05, 3.63) is 51.4 Å². The third kappa shape index (κ3) is 4.53. The van der Waals surface area contributed by atoms with Crippen LogP contribution in [0.4, 0.5) is 10.1 Å². The third-order valence-corrected chi connectivity index (χ3v) is 4.65. The molecule has 0 saturated carbocycles. The van der Waals surface area contributed by atoms with Gasteiger partial charge in [0.25, 0.3) is 0 Å². The lowest BCUT2D eigenvalue weighted by atomic mass is 10.3. The van der Waals surface area contributed by atoms with Crippen LogP contribution in [0.2, 0.25) is 4.34 Å². The Hall–Kier alpha value is -1.04. The standard InChI is InChI=1S/C13H11ClFNOS2/c14-12-6-5-9(19-12)7-18-8-13(17)16-11-4-2-1-3-10(11)15/h1-6H,7-8H2,(H,16,17). The first-order valence-electron chi connectivity index (χ1n) is 5.51. The van der Waals surface area contributed by atoms with Crippen LogP contribution in [0.5, 0.6) is 0 Å². The fourth-order valence-electron chi connectivity index (χ4n) is 1.42. The highest BCUT2D eigenvalue weighted by atomic mass is 35.5. The number of para-hydroxylation sites is 1. The first-order valence-corrected chi connectivity index (χ1v) is 7.86. The predicted molar refractivity (Wildman–Crippen MR) is 80.5 cm³/mol. The molecule has 2 aromatic rings. The first-order chi connectivity index (χ1) is 9.15. The van der Waals surface area contributed by atoms with Crippen LogP contribution in [0.25, 0.3) is 0 Å². The van der Waals surface area contributed by atoms with Crippen LogP contribution in [0.15, 0.2) is 36.4 Å². The van der Waals surface area contributed by atoms with Gasteiger partial charge in [0, 0.05) is 10.6 Å². The maximum atomic E-state index is 13.3. The summed E-state index contributed by atoms with van der Waals surface area (Å²) in [6.45, 7) is 0. The van der Waals surface area contributed by atoms with Crippen molar-refractivity contribution >= 4 is 46.3 Å². The Kier molecular flexibility index (Phi) is 5.24. The van der Waals surface area contributed by atoms with E-state index >= 15 is 0 Å². The van der Waals surface area contributed by atoms with Gasteiger partial charge in [-0.15, -0.1) is 23.1 Å². The highest BCUT2D eigenvalue weighted by molar-refractivity contribution is 7.99. The normalized spacial score (nSPS) is 10.4. The van der Waals surface area contributed by atoms with Crippen molar-refractivity contribution in [2.75, 3.05) is 11.1 Å². The Morgan fingerprint density at radius 2 is 2.11 bits per heavy atom. The molecule has 2 nitrogen and oxygen atoms in total. The number of rotatable bonds is 5. The molecule has 2 rings (SSSR count). The Morgan fingerprint density at radius 1 is 1.32 bits per heavy atom. The van der Waals surface area contributed by atoms with E-state index in [1.54, 1.807) is 12.1 Å². The van der Waals surface area contributed by atoms with Crippen molar-refractivity contribution in [1.29, 1.82) is 0 Å².